The van der Waals surface area contributed by atoms with E-state index in [9.17, 15) is 9.90 Å². The van der Waals surface area contributed by atoms with Gasteiger partial charge in [0.25, 0.3) is 5.91 Å². The SMILES string of the molecule is COC1CN(c2cnc(C(N)=O)c(OCC3(CO)COC3)c2)C1. The maximum Gasteiger partial charge on any atom is 0.271 e. The van der Waals surface area contributed by atoms with Crippen molar-refractivity contribution in [1.82, 2.24) is 4.98 Å². The first-order valence-corrected chi connectivity index (χ1v) is 7.46. The van der Waals surface area contributed by atoms with Crippen LogP contribution in [0.3, 0.4) is 0 Å². The van der Waals surface area contributed by atoms with E-state index in [1.165, 1.54) is 0 Å². The molecule has 126 valence electrons. The molecule has 8 heteroatoms. The number of rotatable bonds is 7. The number of aromatic nitrogens is 1. The molecule has 2 aliphatic rings. The monoisotopic (exact) mass is 323 g/mol. The summed E-state index contributed by atoms with van der Waals surface area (Å²) in [5.41, 5.74) is 5.88. The predicted molar refractivity (Wildman–Crippen MR) is 81.6 cm³/mol. The van der Waals surface area contributed by atoms with E-state index in [-0.39, 0.29) is 25.0 Å². The number of methoxy groups -OCH3 is 1. The lowest BCUT2D eigenvalue weighted by Gasteiger charge is -2.40. The van der Waals surface area contributed by atoms with E-state index >= 15 is 0 Å². The van der Waals surface area contributed by atoms with Gasteiger partial charge in [0.2, 0.25) is 0 Å². The second-order valence-corrected chi connectivity index (χ2v) is 6.11. The fourth-order valence-corrected chi connectivity index (χ4v) is 2.54. The fourth-order valence-electron chi connectivity index (χ4n) is 2.54. The lowest BCUT2D eigenvalue weighted by molar-refractivity contribution is -0.153. The Hall–Kier alpha value is -1.90. The summed E-state index contributed by atoms with van der Waals surface area (Å²) < 4.78 is 16.1. The standard InChI is InChI=1S/C15H21N3O5/c1-21-11-4-18(5-11)10-2-12(13(14(16)20)17-3-10)23-9-15(6-19)7-22-8-15/h2-3,11,19H,4-9H2,1H3,(H2,16,20). The molecule has 1 amide bonds. The first-order chi connectivity index (χ1) is 11.1. The number of aliphatic hydroxyl groups excluding tert-OH is 1. The minimum absolute atomic E-state index is 0.0341. The van der Waals surface area contributed by atoms with Gasteiger partial charge in [0, 0.05) is 26.3 Å². The van der Waals surface area contributed by atoms with Gasteiger partial charge in [-0.3, -0.25) is 4.79 Å². The molecule has 2 aliphatic heterocycles. The third-order valence-electron chi connectivity index (χ3n) is 4.30. The summed E-state index contributed by atoms with van der Waals surface area (Å²) in [5, 5.41) is 9.45. The van der Waals surface area contributed by atoms with Crippen LogP contribution in [0.5, 0.6) is 5.75 Å². The number of primary amides is 1. The summed E-state index contributed by atoms with van der Waals surface area (Å²) in [6, 6.07) is 1.75. The largest absolute Gasteiger partial charge is 0.490 e. The van der Waals surface area contributed by atoms with Crippen molar-refractivity contribution in [2.45, 2.75) is 6.10 Å². The van der Waals surface area contributed by atoms with E-state index in [4.69, 9.17) is 19.9 Å². The lowest BCUT2D eigenvalue weighted by atomic mass is 9.88. The van der Waals surface area contributed by atoms with Gasteiger partial charge in [-0.05, 0) is 0 Å². The fraction of sp³-hybridized carbons (Fsp3) is 0.600. The maximum atomic E-state index is 11.5. The van der Waals surface area contributed by atoms with Crippen molar-refractivity contribution in [2.24, 2.45) is 11.1 Å². The number of hydrogen-bond donors (Lipinski definition) is 2. The van der Waals surface area contributed by atoms with E-state index in [1.807, 2.05) is 0 Å². The molecule has 1 aromatic heterocycles. The highest BCUT2D eigenvalue weighted by molar-refractivity contribution is 5.94. The third-order valence-corrected chi connectivity index (χ3v) is 4.30. The molecule has 2 fully saturated rings. The zero-order valence-electron chi connectivity index (χ0n) is 13.0. The number of ether oxygens (including phenoxy) is 3. The number of pyridine rings is 1. The highest BCUT2D eigenvalue weighted by atomic mass is 16.5. The Labute approximate surface area is 134 Å². The Morgan fingerprint density at radius 3 is 2.83 bits per heavy atom. The second kappa shape index (κ2) is 6.31. The van der Waals surface area contributed by atoms with E-state index < -0.39 is 11.3 Å². The van der Waals surface area contributed by atoms with Crippen molar-refractivity contribution in [3.8, 4) is 5.75 Å². The molecule has 0 radical (unpaired) electrons. The molecule has 0 atom stereocenters. The molecule has 0 aromatic carbocycles. The number of nitrogens with two attached hydrogens (primary N) is 1. The Balaban J connectivity index is 1.74. The van der Waals surface area contributed by atoms with Crippen molar-refractivity contribution >= 4 is 11.6 Å². The Bertz CT molecular complexity index is 579. The number of carbonyl (C=O) groups excluding carboxylic acids is 1. The van der Waals surface area contributed by atoms with Crippen molar-refractivity contribution in [3.63, 3.8) is 0 Å². The molecule has 0 saturated carbocycles. The summed E-state index contributed by atoms with van der Waals surface area (Å²) in [7, 11) is 1.68. The van der Waals surface area contributed by atoms with E-state index in [0.29, 0.717) is 19.0 Å². The van der Waals surface area contributed by atoms with Gasteiger partial charge in [0.1, 0.15) is 6.61 Å². The smallest absolute Gasteiger partial charge is 0.271 e. The molecule has 23 heavy (non-hydrogen) atoms. The number of anilines is 1. The molecule has 3 heterocycles. The zero-order chi connectivity index (χ0) is 16.4. The van der Waals surface area contributed by atoms with E-state index in [1.54, 1.807) is 19.4 Å². The summed E-state index contributed by atoms with van der Waals surface area (Å²) in [6.45, 7) is 2.61. The molecular formula is C15H21N3O5. The van der Waals surface area contributed by atoms with Crippen molar-refractivity contribution in [3.05, 3.63) is 18.0 Å². The van der Waals surface area contributed by atoms with Crippen LogP contribution in [-0.2, 0) is 9.47 Å². The van der Waals surface area contributed by atoms with Gasteiger partial charge in [-0.2, -0.15) is 0 Å². The summed E-state index contributed by atoms with van der Waals surface area (Å²) in [6.07, 6.45) is 1.81. The van der Waals surface area contributed by atoms with E-state index in [0.717, 1.165) is 18.8 Å². The molecule has 0 bridgehead atoms. The second-order valence-electron chi connectivity index (χ2n) is 6.11. The van der Waals surface area contributed by atoms with Crippen LogP contribution in [0.2, 0.25) is 0 Å². The van der Waals surface area contributed by atoms with Crippen LogP contribution in [0.1, 0.15) is 10.5 Å². The zero-order valence-corrected chi connectivity index (χ0v) is 13.0. The number of amides is 1. The molecule has 0 aliphatic carbocycles. The van der Waals surface area contributed by atoms with Crippen LogP contribution < -0.4 is 15.4 Å². The maximum absolute atomic E-state index is 11.5. The number of nitrogens with zero attached hydrogens (tertiary/aromatic N) is 2. The van der Waals surface area contributed by atoms with Gasteiger partial charge in [-0.25, -0.2) is 4.98 Å². The predicted octanol–water partition coefficient (Wildman–Crippen LogP) is -0.597. The molecule has 3 N–H and O–H groups in total. The van der Waals surface area contributed by atoms with Gasteiger partial charge in [0.15, 0.2) is 11.4 Å². The van der Waals surface area contributed by atoms with Gasteiger partial charge in [-0.1, -0.05) is 0 Å². The van der Waals surface area contributed by atoms with Crippen LogP contribution in [-0.4, -0.2) is 68.7 Å². The quantitative estimate of drug-likeness (QED) is 0.690. The van der Waals surface area contributed by atoms with Gasteiger partial charge < -0.3 is 30.0 Å². The summed E-state index contributed by atoms with van der Waals surface area (Å²) in [4.78, 5) is 17.7. The van der Waals surface area contributed by atoms with E-state index in [2.05, 4.69) is 9.88 Å². The van der Waals surface area contributed by atoms with Crippen LogP contribution in [0.25, 0.3) is 0 Å². The van der Waals surface area contributed by atoms with Crippen LogP contribution in [0, 0.1) is 5.41 Å². The first-order valence-electron chi connectivity index (χ1n) is 7.46. The minimum atomic E-state index is -0.646. The Morgan fingerprint density at radius 2 is 2.30 bits per heavy atom. The minimum Gasteiger partial charge on any atom is -0.490 e. The van der Waals surface area contributed by atoms with Crippen LogP contribution >= 0.6 is 0 Å². The number of hydrogen-bond acceptors (Lipinski definition) is 7. The van der Waals surface area contributed by atoms with Crippen molar-refractivity contribution in [1.29, 1.82) is 0 Å². The third kappa shape index (κ3) is 3.10. The Morgan fingerprint density at radius 1 is 1.57 bits per heavy atom. The van der Waals surface area contributed by atoms with Gasteiger partial charge in [-0.15, -0.1) is 0 Å². The molecule has 3 rings (SSSR count). The van der Waals surface area contributed by atoms with Gasteiger partial charge >= 0.3 is 0 Å². The van der Waals surface area contributed by atoms with Crippen LogP contribution in [0.4, 0.5) is 5.69 Å². The van der Waals surface area contributed by atoms with Crippen molar-refractivity contribution in [2.75, 3.05) is 51.5 Å². The number of aliphatic hydroxyl groups is 1. The highest BCUT2D eigenvalue weighted by Crippen LogP contribution is 2.31. The lowest BCUT2D eigenvalue weighted by Crippen LogP contribution is -2.52. The highest BCUT2D eigenvalue weighted by Gasteiger charge is 2.39. The molecular weight excluding hydrogens is 302 g/mol. The molecule has 0 unspecified atom stereocenters. The summed E-state index contributed by atoms with van der Waals surface area (Å²) in [5.74, 6) is -0.316. The normalized spacial score (nSPS) is 19.8. The molecule has 1 aromatic rings. The van der Waals surface area contributed by atoms with Gasteiger partial charge in [0.05, 0.1) is 43.2 Å². The average Bonchev–Trinajstić information content (AvgIpc) is 2.45. The van der Waals surface area contributed by atoms with Crippen molar-refractivity contribution < 1.29 is 24.1 Å². The first kappa shape index (κ1) is 16.0. The Kier molecular flexibility index (Phi) is 4.38. The molecule has 0 spiro atoms. The number of carbonyl (C=O) groups is 1. The topological polar surface area (TPSA) is 107 Å². The molecule has 8 nitrogen and oxygen atoms in total. The van der Waals surface area contributed by atoms with Crippen LogP contribution in [0.15, 0.2) is 12.3 Å². The summed E-state index contributed by atoms with van der Waals surface area (Å²) >= 11 is 0. The average molecular weight is 323 g/mol. The molecule has 2 saturated heterocycles.